The van der Waals surface area contributed by atoms with Gasteiger partial charge in [0.25, 0.3) is 5.91 Å². The van der Waals surface area contributed by atoms with E-state index in [2.05, 4.69) is 5.32 Å². The topological polar surface area (TPSA) is 51.5 Å². The molecule has 0 radical (unpaired) electrons. The van der Waals surface area contributed by atoms with E-state index in [1.54, 1.807) is 13.2 Å². The minimum Gasteiger partial charge on any atom is -0.497 e. The molecule has 94 valence electrons. The van der Waals surface area contributed by atoms with E-state index in [4.69, 9.17) is 20.8 Å². The van der Waals surface area contributed by atoms with Crippen molar-refractivity contribution in [2.75, 3.05) is 12.4 Å². The average Bonchev–Trinajstić information content (AvgIpc) is 2.78. The van der Waals surface area contributed by atoms with Crippen molar-refractivity contribution in [2.45, 2.75) is 6.92 Å². The van der Waals surface area contributed by atoms with Crippen LogP contribution in [-0.2, 0) is 0 Å². The molecule has 1 aromatic carbocycles. The maximum absolute atomic E-state index is 12.0. The van der Waals surface area contributed by atoms with Crippen LogP contribution in [0.5, 0.6) is 5.75 Å². The summed E-state index contributed by atoms with van der Waals surface area (Å²) in [6.45, 7) is 1.89. The summed E-state index contributed by atoms with van der Waals surface area (Å²) in [4.78, 5) is 12.0. The van der Waals surface area contributed by atoms with E-state index in [1.807, 2.05) is 19.1 Å². The molecule has 0 fully saturated rings. The third kappa shape index (κ3) is 2.49. The molecule has 2 rings (SSSR count). The van der Waals surface area contributed by atoms with E-state index in [-0.39, 0.29) is 11.1 Å². The molecule has 0 spiro atoms. The zero-order valence-electron chi connectivity index (χ0n) is 9.99. The van der Waals surface area contributed by atoms with Crippen molar-refractivity contribution in [3.05, 3.63) is 46.9 Å². The highest BCUT2D eigenvalue weighted by Crippen LogP contribution is 2.24. The first-order valence-corrected chi connectivity index (χ1v) is 5.68. The third-order valence-corrected chi connectivity index (χ3v) is 2.85. The molecule has 2 aromatic rings. The van der Waals surface area contributed by atoms with E-state index >= 15 is 0 Å². The molecule has 1 N–H and O–H groups in total. The van der Waals surface area contributed by atoms with Gasteiger partial charge in [-0.2, -0.15) is 0 Å². The summed E-state index contributed by atoms with van der Waals surface area (Å²) < 4.78 is 9.99. The Hall–Kier alpha value is -1.94. The summed E-state index contributed by atoms with van der Waals surface area (Å²) >= 11 is 5.75. The van der Waals surface area contributed by atoms with Crippen LogP contribution < -0.4 is 10.1 Å². The van der Waals surface area contributed by atoms with E-state index in [0.29, 0.717) is 17.0 Å². The van der Waals surface area contributed by atoms with E-state index in [1.165, 1.54) is 12.3 Å². The number of hydrogen-bond donors (Lipinski definition) is 1. The zero-order valence-corrected chi connectivity index (χ0v) is 10.7. The van der Waals surface area contributed by atoms with Gasteiger partial charge in [-0.1, -0.05) is 6.07 Å². The number of anilines is 1. The molecule has 0 saturated heterocycles. The second-order valence-electron chi connectivity index (χ2n) is 3.74. The predicted molar refractivity (Wildman–Crippen MR) is 69.4 cm³/mol. The van der Waals surface area contributed by atoms with Crippen molar-refractivity contribution < 1.29 is 13.9 Å². The molecule has 18 heavy (non-hydrogen) atoms. The number of carbonyl (C=O) groups excluding carboxylic acids is 1. The van der Waals surface area contributed by atoms with Crippen molar-refractivity contribution >= 4 is 23.2 Å². The summed E-state index contributed by atoms with van der Waals surface area (Å²) in [5.74, 6) is 0.360. The molecule has 0 atom stereocenters. The van der Waals surface area contributed by atoms with Crippen LogP contribution in [0.3, 0.4) is 0 Å². The Morgan fingerprint density at radius 2 is 2.17 bits per heavy atom. The molecule has 0 saturated carbocycles. The second kappa shape index (κ2) is 5.14. The van der Waals surface area contributed by atoms with E-state index in [9.17, 15) is 4.79 Å². The number of halogens is 1. The largest absolute Gasteiger partial charge is 0.497 e. The highest BCUT2D eigenvalue weighted by atomic mass is 35.5. The quantitative estimate of drug-likeness (QED) is 0.924. The van der Waals surface area contributed by atoms with Crippen molar-refractivity contribution in [1.29, 1.82) is 0 Å². The van der Waals surface area contributed by atoms with Crippen LogP contribution in [0.25, 0.3) is 0 Å². The minimum absolute atomic E-state index is 0.0769. The number of ether oxygens (including phenoxy) is 1. The number of carbonyl (C=O) groups is 1. The molecule has 1 heterocycles. The minimum atomic E-state index is -0.315. The summed E-state index contributed by atoms with van der Waals surface area (Å²) in [6.07, 6.45) is 1.37. The van der Waals surface area contributed by atoms with E-state index < -0.39 is 0 Å². The maximum atomic E-state index is 12.0. The fourth-order valence-corrected chi connectivity index (χ4v) is 1.71. The highest BCUT2D eigenvalue weighted by Gasteiger charge is 2.14. The molecule has 5 heteroatoms. The fraction of sp³-hybridized carbons (Fsp3) is 0.154. The van der Waals surface area contributed by atoms with Gasteiger partial charge in [0.05, 0.1) is 18.9 Å². The lowest BCUT2D eigenvalue weighted by Gasteiger charge is -2.09. The van der Waals surface area contributed by atoms with Gasteiger partial charge in [0.2, 0.25) is 5.22 Å². The lowest BCUT2D eigenvalue weighted by molar-refractivity contribution is 0.102. The van der Waals surface area contributed by atoms with Gasteiger partial charge in [-0.3, -0.25) is 4.79 Å². The van der Waals surface area contributed by atoms with Crippen molar-refractivity contribution in [1.82, 2.24) is 0 Å². The Morgan fingerprint density at radius 1 is 1.39 bits per heavy atom. The number of furan rings is 1. The van der Waals surface area contributed by atoms with Crippen LogP contribution in [-0.4, -0.2) is 13.0 Å². The summed E-state index contributed by atoms with van der Waals surface area (Å²) in [5.41, 5.74) is 1.92. The monoisotopic (exact) mass is 265 g/mol. The van der Waals surface area contributed by atoms with Crippen molar-refractivity contribution in [2.24, 2.45) is 0 Å². The molecule has 0 unspecified atom stereocenters. The van der Waals surface area contributed by atoms with Gasteiger partial charge < -0.3 is 14.5 Å². The zero-order chi connectivity index (χ0) is 13.1. The Bertz CT molecular complexity index is 577. The number of aryl methyl sites for hydroxylation is 1. The first kappa shape index (κ1) is 12.5. The van der Waals surface area contributed by atoms with Gasteiger partial charge >= 0.3 is 0 Å². The molecule has 0 aliphatic rings. The van der Waals surface area contributed by atoms with Crippen LogP contribution in [0.4, 0.5) is 5.69 Å². The number of hydrogen-bond acceptors (Lipinski definition) is 3. The van der Waals surface area contributed by atoms with Gasteiger partial charge in [0.1, 0.15) is 5.75 Å². The van der Waals surface area contributed by atoms with Gasteiger partial charge in [-0.15, -0.1) is 0 Å². The molecule has 1 amide bonds. The van der Waals surface area contributed by atoms with Crippen molar-refractivity contribution in [3.8, 4) is 5.75 Å². The lowest BCUT2D eigenvalue weighted by atomic mass is 10.2. The van der Waals surface area contributed by atoms with Crippen LogP contribution in [0.1, 0.15) is 15.9 Å². The number of amides is 1. The van der Waals surface area contributed by atoms with Crippen molar-refractivity contribution in [3.63, 3.8) is 0 Å². The molecule has 4 nitrogen and oxygen atoms in total. The number of benzene rings is 1. The summed E-state index contributed by atoms with van der Waals surface area (Å²) in [5, 5.41) is 2.84. The number of methoxy groups -OCH3 is 1. The lowest BCUT2D eigenvalue weighted by Crippen LogP contribution is -2.12. The van der Waals surface area contributed by atoms with Gasteiger partial charge in [-0.05, 0) is 36.2 Å². The van der Waals surface area contributed by atoms with E-state index in [0.717, 1.165) is 5.56 Å². The highest BCUT2D eigenvalue weighted by molar-refractivity contribution is 6.32. The Labute approximate surface area is 110 Å². The number of nitrogens with one attached hydrogen (secondary N) is 1. The second-order valence-corrected chi connectivity index (χ2v) is 4.09. The first-order valence-electron chi connectivity index (χ1n) is 5.31. The van der Waals surface area contributed by atoms with Crippen LogP contribution in [0.15, 0.2) is 34.9 Å². The van der Waals surface area contributed by atoms with Gasteiger partial charge in [-0.25, -0.2) is 0 Å². The fourth-order valence-electron chi connectivity index (χ4n) is 1.51. The Balaban J connectivity index is 2.24. The molecule has 0 aliphatic heterocycles. The number of rotatable bonds is 3. The van der Waals surface area contributed by atoms with Gasteiger partial charge in [0.15, 0.2) is 0 Å². The maximum Gasteiger partial charge on any atom is 0.260 e. The molecule has 0 bridgehead atoms. The third-order valence-electron chi connectivity index (χ3n) is 2.56. The average molecular weight is 266 g/mol. The molecular weight excluding hydrogens is 254 g/mol. The van der Waals surface area contributed by atoms with Crippen LogP contribution >= 0.6 is 11.6 Å². The Kier molecular flexibility index (Phi) is 3.58. The molecular formula is C13H12ClNO3. The first-order chi connectivity index (χ1) is 8.61. The predicted octanol–water partition coefficient (Wildman–Crippen LogP) is 3.50. The normalized spacial score (nSPS) is 10.2. The standard InChI is InChI=1S/C13H12ClNO3/c1-8-3-4-9(17-2)7-11(8)15-13(16)10-5-6-18-12(10)14/h3-7H,1-2H3,(H,15,16). The van der Waals surface area contributed by atoms with Crippen LogP contribution in [0, 0.1) is 6.92 Å². The summed E-state index contributed by atoms with van der Waals surface area (Å²) in [7, 11) is 1.57. The van der Waals surface area contributed by atoms with Crippen LogP contribution in [0.2, 0.25) is 5.22 Å². The molecule has 0 aliphatic carbocycles. The smallest absolute Gasteiger partial charge is 0.260 e. The Morgan fingerprint density at radius 3 is 2.78 bits per heavy atom. The molecule has 1 aromatic heterocycles. The summed E-state index contributed by atoms with van der Waals surface area (Å²) in [6, 6.07) is 6.97. The SMILES string of the molecule is COc1ccc(C)c(NC(=O)c2ccoc2Cl)c1. The van der Waals surface area contributed by atoms with Gasteiger partial charge in [0, 0.05) is 11.8 Å².